The number of thiazole rings is 1. The topological polar surface area (TPSA) is 30.0 Å². The van der Waals surface area contributed by atoms with E-state index >= 15 is 0 Å². The van der Waals surface area contributed by atoms with Crippen molar-refractivity contribution in [3.05, 3.63) is 64.7 Å². The Morgan fingerprint density at radius 2 is 1.95 bits per heavy atom. The summed E-state index contributed by atoms with van der Waals surface area (Å²) in [5, 5.41) is 0.415. The molecule has 0 fully saturated rings. The number of nitrogens with zero attached hydrogens (tertiary/aromatic N) is 1. The minimum absolute atomic E-state index is 0.0652. The molecule has 0 spiro atoms. The summed E-state index contributed by atoms with van der Waals surface area (Å²) in [6.07, 6.45) is -2.44. The maximum Gasteiger partial charge on any atom is 0.263 e. The quantitative estimate of drug-likeness (QED) is 0.656. The van der Waals surface area contributed by atoms with Crippen LogP contribution in [0.1, 0.15) is 27.4 Å². The van der Waals surface area contributed by atoms with Crippen LogP contribution in [0.5, 0.6) is 0 Å². The Hall–Kier alpha value is -2.14. The lowest BCUT2D eigenvalue weighted by Crippen LogP contribution is -2.03. The minimum Gasteiger partial charge on any atom is -0.291 e. The third-order valence-electron chi connectivity index (χ3n) is 3.10. The normalized spacial score (nSPS) is 11.2. The van der Waals surface area contributed by atoms with Crippen LogP contribution in [0.25, 0.3) is 10.2 Å². The standard InChI is InChI=1S/C16H11F2NOS/c17-15(18)11-5-3-4-10(8-11)9-13(20)16-19-12-6-1-2-7-14(12)21-16/h1-8,15H,9H2. The molecule has 3 aromatic rings. The summed E-state index contributed by atoms with van der Waals surface area (Å²) >= 11 is 1.33. The first kappa shape index (κ1) is 13.8. The van der Waals surface area contributed by atoms with Gasteiger partial charge in [-0.1, -0.05) is 30.3 Å². The summed E-state index contributed by atoms with van der Waals surface area (Å²) in [4.78, 5) is 16.5. The zero-order valence-electron chi connectivity index (χ0n) is 10.9. The maximum atomic E-state index is 12.7. The van der Waals surface area contributed by atoms with E-state index in [2.05, 4.69) is 4.98 Å². The molecule has 0 bridgehead atoms. The summed E-state index contributed by atoms with van der Waals surface area (Å²) < 4.78 is 26.3. The van der Waals surface area contributed by atoms with Gasteiger partial charge in [-0.25, -0.2) is 13.8 Å². The van der Waals surface area contributed by atoms with Crippen molar-refractivity contribution in [3.8, 4) is 0 Å². The minimum atomic E-state index is -2.53. The first-order chi connectivity index (χ1) is 10.1. The number of carbonyl (C=O) groups is 1. The van der Waals surface area contributed by atoms with Gasteiger partial charge < -0.3 is 0 Å². The van der Waals surface area contributed by atoms with Gasteiger partial charge in [-0.3, -0.25) is 4.79 Å². The molecule has 106 valence electrons. The highest BCUT2D eigenvalue weighted by Gasteiger charge is 2.14. The number of halogens is 2. The van der Waals surface area contributed by atoms with Crippen molar-refractivity contribution in [3.63, 3.8) is 0 Å². The molecule has 1 heterocycles. The molecular weight excluding hydrogens is 292 g/mol. The van der Waals surface area contributed by atoms with Gasteiger partial charge >= 0.3 is 0 Å². The monoisotopic (exact) mass is 303 g/mol. The largest absolute Gasteiger partial charge is 0.291 e. The van der Waals surface area contributed by atoms with Gasteiger partial charge in [0.15, 0.2) is 10.8 Å². The second-order valence-corrected chi connectivity index (χ2v) is 5.66. The van der Waals surface area contributed by atoms with E-state index in [1.54, 1.807) is 12.1 Å². The van der Waals surface area contributed by atoms with Gasteiger partial charge in [-0.15, -0.1) is 11.3 Å². The molecule has 5 heteroatoms. The van der Waals surface area contributed by atoms with E-state index in [9.17, 15) is 13.6 Å². The molecule has 2 aromatic carbocycles. The molecule has 0 aliphatic rings. The van der Waals surface area contributed by atoms with E-state index in [0.29, 0.717) is 10.6 Å². The van der Waals surface area contributed by atoms with Crippen LogP contribution in [0.2, 0.25) is 0 Å². The van der Waals surface area contributed by atoms with Gasteiger partial charge in [0.05, 0.1) is 10.2 Å². The number of para-hydroxylation sites is 1. The number of aromatic nitrogens is 1. The van der Waals surface area contributed by atoms with Gasteiger partial charge in [0.1, 0.15) is 0 Å². The fourth-order valence-electron chi connectivity index (χ4n) is 2.09. The smallest absolute Gasteiger partial charge is 0.263 e. The molecule has 21 heavy (non-hydrogen) atoms. The third kappa shape index (κ3) is 2.97. The van der Waals surface area contributed by atoms with Crippen LogP contribution < -0.4 is 0 Å². The van der Waals surface area contributed by atoms with Crippen molar-refractivity contribution in [2.24, 2.45) is 0 Å². The van der Waals surface area contributed by atoms with E-state index in [0.717, 1.165) is 10.2 Å². The van der Waals surface area contributed by atoms with Crippen molar-refractivity contribution in [2.45, 2.75) is 12.8 Å². The van der Waals surface area contributed by atoms with E-state index in [1.165, 1.54) is 23.5 Å². The molecule has 0 aliphatic carbocycles. The zero-order valence-corrected chi connectivity index (χ0v) is 11.7. The highest BCUT2D eigenvalue weighted by atomic mass is 32.1. The predicted octanol–water partition coefficient (Wildman–Crippen LogP) is 4.66. The molecular formula is C16H11F2NOS. The summed E-state index contributed by atoms with van der Waals surface area (Å²) in [6.45, 7) is 0. The Bertz CT molecular complexity index is 765. The first-order valence-electron chi connectivity index (χ1n) is 6.39. The number of hydrogen-bond acceptors (Lipinski definition) is 3. The Balaban J connectivity index is 1.84. The molecule has 0 saturated heterocycles. The zero-order chi connectivity index (χ0) is 14.8. The second-order valence-electron chi connectivity index (χ2n) is 4.63. The number of hydrogen-bond donors (Lipinski definition) is 0. The molecule has 0 N–H and O–H groups in total. The summed E-state index contributed by atoms with van der Waals surface area (Å²) in [5.74, 6) is -0.150. The molecule has 0 unspecified atom stereocenters. The summed E-state index contributed by atoms with van der Waals surface area (Å²) in [6, 6.07) is 13.5. The van der Waals surface area contributed by atoms with E-state index in [4.69, 9.17) is 0 Å². The molecule has 0 atom stereocenters. The molecule has 3 rings (SSSR count). The lowest BCUT2D eigenvalue weighted by molar-refractivity contribution is 0.0992. The van der Waals surface area contributed by atoms with Gasteiger partial charge in [-0.2, -0.15) is 0 Å². The average Bonchev–Trinajstić information content (AvgIpc) is 2.91. The Morgan fingerprint density at radius 3 is 2.71 bits per heavy atom. The van der Waals surface area contributed by atoms with E-state index in [-0.39, 0.29) is 17.8 Å². The number of rotatable bonds is 4. The highest BCUT2D eigenvalue weighted by molar-refractivity contribution is 7.20. The predicted molar refractivity (Wildman–Crippen MR) is 79.1 cm³/mol. The number of Topliss-reactive ketones (excluding diaryl/α,β-unsaturated/α-hetero) is 1. The van der Waals surface area contributed by atoms with Crippen molar-refractivity contribution in [1.29, 1.82) is 0 Å². The van der Waals surface area contributed by atoms with Crippen LogP contribution in [0, 0.1) is 0 Å². The average molecular weight is 303 g/mol. The summed E-state index contributed by atoms with van der Waals surface area (Å²) in [7, 11) is 0. The van der Waals surface area contributed by atoms with Crippen LogP contribution >= 0.6 is 11.3 Å². The fourth-order valence-corrected chi connectivity index (χ4v) is 2.99. The number of benzene rings is 2. The summed E-state index contributed by atoms with van der Waals surface area (Å²) in [5.41, 5.74) is 1.30. The van der Waals surface area contributed by atoms with Crippen LogP contribution in [-0.2, 0) is 6.42 Å². The molecule has 0 radical (unpaired) electrons. The Morgan fingerprint density at radius 1 is 1.14 bits per heavy atom. The third-order valence-corrected chi connectivity index (χ3v) is 4.18. The van der Waals surface area contributed by atoms with E-state index in [1.807, 2.05) is 24.3 Å². The number of carbonyl (C=O) groups excluding carboxylic acids is 1. The van der Waals surface area contributed by atoms with Crippen LogP contribution in [-0.4, -0.2) is 10.8 Å². The molecule has 1 aromatic heterocycles. The second kappa shape index (κ2) is 5.69. The maximum absolute atomic E-state index is 12.7. The highest BCUT2D eigenvalue weighted by Crippen LogP contribution is 2.24. The molecule has 0 amide bonds. The molecule has 2 nitrogen and oxygen atoms in total. The van der Waals surface area contributed by atoms with Crippen LogP contribution in [0.3, 0.4) is 0 Å². The molecule has 0 aliphatic heterocycles. The van der Waals surface area contributed by atoms with Gasteiger partial charge in [0.2, 0.25) is 0 Å². The first-order valence-corrected chi connectivity index (χ1v) is 7.21. The van der Waals surface area contributed by atoms with Gasteiger partial charge in [-0.05, 0) is 23.8 Å². The lowest BCUT2D eigenvalue weighted by Gasteiger charge is -2.03. The van der Waals surface area contributed by atoms with Crippen molar-refractivity contribution in [1.82, 2.24) is 4.98 Å². The van der Waals surface area contributed by atoms with Crippen LogP contribution in [0.4, 0.5) is 8.78 Å². The van der Waals surface area contributed by atoms with Crippen molar-refractivity contribution >= 4 is 27.3 Å². The number of alkyl halides is 2. The Kier molecular flexibility index (Phi) is 3.75. The van der Waals surface area contributed by atoms with E-state index < -0.39 is 6.43 Å². The van der Waals surface area contributed by atoms with Crippen LogP contribution in [0.15, 0.2) is 48.5 Å². The molecule has 0 saturated carbocycles. The van der Waals surface area contributed by atoms with Gasteiger partial charge in [0.25, 0.3) is 6.43 Å². The lowest BCUT2D eigenvalue weighted by atomic mass is 10.1. The van der Waals surface area contributed by atoms with Crippen molar-refractivity contribution < 1.29 is 13.6 Å². The fraction of sp³-hybridized carbons (Fsp3) is 0.125. The van der Waals surface area contributed by atoms with Crippen molar-refractivity contribution in [2.75, 3.05) is 0 Å². The number of ketones is 1. The number of fused-ring (bicyclic) bond motifs is 1. The van der Waals surface area contributed by atoms with Gasteiger partial charge in [0, 0.05) is 12.0 Å². The Labute approximate surface area is 124 Å². The SMILES string of the molecule is O=C(Cc1cccc(C(F)F)c1)c1nc2ccccc2s1.